The van der Waals surface area contributed by atoms with Crippen LogP contribution in [0.2, 0.25) is 0 Å². The third kappa shape index (κ3) is 0.615. The van der Waals surface area contributed by atoms with E-state index in [2.05, 4.69) is 4.85 Å². The molecule has 0 aromatic carbocycles. The SMILES string of the molecule is [C-]#[N+]C1C2CCC(C2)C1O. The maximum Gasteiger partial charge on any atom is 0.252 e. The first-order chi connectivity index (χ1) is 4.83. The lowest BCUT2D eigenvalue weighted by atomic mass is 9.93. The lowest BCUT2D eigenvalue weighted by Crippen LogP contribution is -2.29. The van der Waals surface area contributed by atoms with Gasteiger partial charge in [0.05, 0.1) is 0 Å². The topological polar surface area (TPSA) is 24.6 Å². The van der Waals surface area contributed by atoms with E-state index in [1.165, 1.54) is 6.42 Å². The largest absolute Gasteiger partial charge is 0.385 e. The van der Waals surface area contributed by atoms with Crippen LogP contribution in [0, 0.1) is 18.4 Å². The lowest BCUT2D eigenvalue weighted by molar-refractivity contribution is 0.107. The highest BCUT2D eigenvalue weighted by Gasteiger charge is 2.51. The predicted octanol–water partition coefficient (Wildman–Crippen LogP) is 1.07. The number of nitrogens with zero attached hydrogens (tertiary/aromatic N) is 1. The number of rotatable bonds is 0. The van der Waals surface area contributed by atoms with Crippen LogP contribution in [0.1, 0.15) is 19.3 Å². The van der Waals surface area contributed by atoms with Crippen LogP contribution in [0.4, 0.5) is 0 Å². The van der Waals surface area contributed by atoms with Gasteiger partial charge >= 0.3 is 0 Å². The minimum Gasteiger partial charge on any atom is -0.385 e. The maximum absolute atomic E-state index is 9.47. The molecule has 2 saturated carbocycles. The molecule has 0 radical (unpaired) electrons. The second-order valence-electron chi connectivity index (χ2n) is 3.44. The Balaban J connectivity index is 2.19. The first-order valence-corrected chi connectivity index (χ1v) is 3.87. The second kappa shape index (κ2) is 1.96. The van der Waals surface area contributed by atoms with Gasteiger partial charge in [-0.25, -0.2) is 6.57 Å². The van der Waals surface area contributed by atoms with E-state index in [0.717, 1.165) is 12.8 Å². The molecule has 0 spiro atoms. The van der Waals surface area contributed by atoms with Crippen molar-refractivity contribution in [3.8, 4) is 0 Å². The molecule has 0 amide bonds. The van der Waals surface area contributed by atoms with Crippen molar-refractivity contribution < 1.29 is 5.11 Å². The lowest BCUT2D eigenvalue weighted by Gasteiger charge is -2.16. The van der Waals surface area contributed by atoms with Crippen molar-refractivity contribution in [2.24, 2.45) is 11.8 Å². The fourth-order valence-electron chi connectivity index (χ4n) is 2.41. The molecule has 2 aliphatic carbocycles. The molecule has 1 N–H and O–H groups in total. The minimum atomic E-state index is -0.295. The van der Waals surface area contributed by atoms with Crippen LogP contribution in [0.25, 0.3) is 4.85 Å². The van der Waals surface area contributed by atoms with E-state index < -0.39 is 0 Å². The van der Waals surface area contributed by atoms with Gasteiger partial charge in [0.15, 0.2) is 0 Å². The van der Waals surface area contributed by atoms with E-state index in [1.807, 2.05) is 0 Å². The van der Waals surface area contributed by atoms with Crippen LogP contribution in [-0.4, -0.2) is 17.3 Å². The van der Waals surface area contributed by atoms with E-state index in [4.69, 9.17) is 6.57 Å². The first kappa shape index (κ1) is 6.18. The summed E-state index contributed by atoms with van der Waals surface area (Å²) in [7, 11) is 0. The summed E-state index contributed by atoms with van der Waals surface area (Å²) < 4.78 is 0. The van der Waals surface area contributed by atoms with Gasteiger partial charge in [0.2, 0.25) is 0 Å². The zero-order valence-corrected chi connectivity index (χ0v) is 5.83. The third-order valence-electron chi connectivity index (χ3n) is 2.98. The predicted molar refractivity (Wildman–Crippen MR) is 37.2 cm³/mol. The molecular formula is C8H11NO. The standard InChI is InChI=1S/C8H11NO/c1-9-7-5-2-3-6(4-5)8(7)10/h5-8,10H,2-4H2. The van der Waals surface area contributed by atoms with E-state index in [9.17, 15) is 5.11 Å². The summed E-state index contributed by atoms with van der Waals surface area (Å²) in [5.41, 5.74) is 0. The molecule has 10 heavy (non-hydrogen) atoms. The molecule has 4 unspecified atom stereocenters. The third-order valence-corrected chi connectivity index (χ3v) is 2.98. The number of aliphatic hydroxyl groups excluding tert-OH is 1. The van der Waals surface area contributed by atoms with Gasteiger partial charge in [0, 0.05) is 5.92 Å². The molecule has 54 valence electrons. The summed E-state index contributed by atoms with van der Waals surface area (Å²) in [4.78, 5) is 3.45. The Labute approximate surface area is 60.7 Å². The van der Waals surface area contributed by atoms with Crippen LogP contribution in [0.5, 0.6) is 0 Å². The Morgan fingerprint density at radius 2 is 2.00 bits per heavy atom. The molecule has 2 nitrogen and oxygen atoms in total. The zero-order valence-electron chi connectivity index (χ0n) is 5.83. The molecule has 2 bridgehead atoms. The van der Waals surface area contributed by atoms with Crippen LogP contribution in [-0.2, 0) is 0 Å². The van der Waals surface area contributed by atoms with Gasteiger partial charge < -0.3 is 9.95 Å². The average molecular weight is 137 g/mol. The molecule has 0 aromatic rings. The van der Waals surface area contributed by atoms with Gasteiger partial charge in [-0.2, -0.15) is 0 Å². The molecule has 0 aliphatic heterocycles. The van der Waals surface area contributed by atoms with Crippen molar-refractivity contribution in [3.05, 3.63) is 11.4 Å². The summed E-state index contributed by atoms with van der Waals surface area (Å²) in [6, 6.07) is -0.0567. The summed E-state index contributed by atoms with van der Waals surface area (Å²) in [5, 5.41) is 9.47. The van der Waals surface area contributed by atoms with Gasteiger partial charge in [-0.3, -0.25) is 0 Å². The monoisotopic (exact) mass is 137 g/mol. The molecule has 0 saturated heterocycles. The number of fused-ring (bicyclic) bond motifs is 2. The van der Waals surface area contributed by atoms with E-state index in [0.29, 0.717) is 11.8 Å². The summed E-state index contributed by atoms with van der Waals surface area (Å²) in [6.45, 7) is 6.85. The Bertz CT molecular complexity index is 182. The average Bonchev–Trinajstić information content (AvgIpc) is 2.46. The normalized spacial score (nSPS) is 51.2. The van der Waals surface area contributed by atoms with Gasteiger partial charge in [0.1, 0.15) is 6.10 Å². The van der Waals surface area contributed by atoms with Crippen LogP contribution >= 0.6 is 0 Å². The summed E-state index contributed by atoms with van der Waals surface area (Å²) >= 11 is 0. The Morgan fingerprint density at radius 1 is 1.30 bits per heavy atom. The molecular weight excluding hydrogens is 126 g/mol. The van der Waals surface area contributed by atoms with Crippen LogP contribution < -0.4 is 0 Å². The Morgan fingerprint density at radius 3 is 2.40 bits per heavy atom. The van der Waals surface area contributed by atoms with Crippen molar-refractivity contribution in [1.82, 2.24) is 0 Å². The smallest absolute Gasteiger partial charge is 0.252 e. The quantitative estimate of drug-likeness (QED) is 0.496. The minimum absolute atomic E-state index is 0.0567. The first-order valence-electron chi connectivity index (χ1n) is 3.87. The molecule has 0 aromatic heterocycles. The van der Waals surface area contributed by atoms with Gasteiger partial charge in [-0.1, -0.05) is 0 Å². The highest BCUT2D eigenvalue weighted by atomic mass is 16.3. The number of hydrogen-bond acceptors (Lipinski definition) is 1. The Hall–Kier alpha value is -0.550. The van der Waals surface area contributed by atoms with E-state index >= 15 is 0 Å². The molecule has 2 fully saturated rings. The van der Waals surface area contributed by atoms with Gasteiger partial charge in [-0.15, -0.1) is 0 Å². The summed E-state index contributed by atoms with van der Waals surface area (Å²) in [6.07, 6.45) is 3.14. The Kier molecular flexibility index (Phi) is 1.21. The second-order valence-corrected chi connectivity index (χ2v) is 3.44. The maximum atomic E-state index is 9.47. The molecule has 2 rings (SSSR count). The zero-order chi connectivity index (χ0) is 7.14. The highest BCUT2D eigenvalue weighted by Crippen LogP contribution is 2.46. The highest BCUT2D eigenvalue weighted by molar-refractivity contribution is 5.05. The van der Waals surface area contributed by atoms with Crippen molar-refractivity contribution >= 4 is 0 Å². The van der Waals surface area contributed by atoms with E-state index in [1.54, 1.807) is 0 Å². The fraction of sp³-hybridized carbons (Fsp3) is 0.875. The number of hydrogen-bond donors (Lipinski definition) is 1. The number of aliphatic hydroxyl groups is 1. The fourth-order valence-corrected chi connectivity index (χ4v) is 2.41. The van der Waals surface area contributed by atoms with Crippen molar-refractivity contribution in [3.63, 3.8) is 0 Å². The van der Waals surface area contributed by atoms with Crippen LogP contribution in [0.15, 0.2) is 0 Å². The summed E-state index contributed by atoms with van der Waals surface area (Å²) in [5.74, 6) is 0.988. The molecule has 2 heteroatoms. The van der Waals surface area contributed by atoms with E-state index in [-0.39, 0.29) is 12.1 Å². The molecule has 0 heterocycles. The van der Waals surface area contributed by atoms with Crippen molar-refractivity contribution in [2.45, 2.75) is 31.4 Å². The van der Waals surface area contributed by atoms with Crippen molar-refractivity contribution in [1.29, 1.82) is 0 Å². The molecule has 4 atom stereocenters. The van der Waals surface area contributed by atoms with Gasteiger partial charge in [0.25, 0.3) is 6.04 Å². The van der Waals surface area contributed by atoms with Crippen molar-refractivity contribution in [2.75, 3.05) is 0 Å². The van der Waals surface area contributed by atoms with Gasteiger partial charge in [-0.05, 0) is 25.2 Å². The van der Waals surface area contributed by atoms with Crippen LogP contribution in [0.3, 0.4) is 0 Å². The molecule has 2 aliphatic rings.